The van der Waals surface area contributed by atoms with Gasteiger partial charge in [-0.3, -0.25) is 0 Å². The summed E-state index contributed by atoms with van der Waals surface area (Å²) in [7, 11) is 0. The number of rotatable bonds is 6. The van der Waals surface area contributed by atoms with Crippen LogP contribution in [0.5, 0.6) is 0 Å². The maximum Gasteiger partial charge on any atom is 0.0713 e. The van der Waals surface area contributed by atoms with Crippen LogP contribution < -0.4 is 0 Å². The zero-order chi connectivity index (χ0) is 38.4. The highest BCUT2D eigenvalue weighted by molar-refractivity contribution is 14.1. The molecular weight excluding hydrogens is 772 g/mol. The fourth-order valence-electron chi connectivity index (χ4n) is 9.20. The van der Waals surface area contributed by atoms with Gasteiger partial charge < -0.3 is 0 Å². The summed E-state index contributed by atoms with van der Waals surface area (Å²) >= 11 is 4.10. The highest BCUT2D eigenvalue weighted by Gasteiger charge is 2.60. The monoisotopic (exact) mass is 832 g/mol. The fraction of sp³-hybridized carbons (Fsp3) is 0.373. The van der Waals surface area contributed by atoms with Crippen LogP contribution >= 0.6 is 34.4 Å². The maximum atomic E-state index is 2.57. The molecule has 4 aromatic rings. The summed E-state index contributed by atoms with van der Waals surface area (Å²) in [4.78, 5) is 1.97. The van der Waals surface area contributed by atoms with Crippen molar-refractivity contribution in [1.82, 2.24) is 0 Å². The molecule has 0 heterocycles. The number of allylic oxidation sites excluding steroid dienone is 8. The molecule has 0 spiro atoms. The first-order chi connectivity index (χ1) is 25.7. The molecule has 0 radical (unpaired) electrons. The van der Waals surface area contributed by atoms with E-state index >= 15 is 0 Å². The Morgan fingerprint density at radius 1 is 0.585 bits per heavy atom. The Morgan fingerprint density at radius 3 is 1.58 bits per heavy atom. The third-order valence-corrected chi connectivity index (χ3v) is 13.7. The van der Waals surface area contributed by atoms with Crippen molar-refractivity contribution in [3.63, 3.8) is 0 Å². The first kappa shape index (κ1) is 41.1. The number of hydrogen-bond donors (Lipinski definition) is 0. The van der Waals surface area contributed by atoms with E-state index < -0.39 is 5.41 Å². The Balaban J connectivity index is 0.000000727. The lowest BCUT2D eigenvalue weighted by Gasteiger charge is -2.51. The minimum atomic E-state index is -0.392. The number of benzene rings is 4. The second-order valence-corrected chi connectivity index (χ2v) is 16.7. The van der Waals surface area contributed by atoms with E-state index in [9.17, 15) is 0 Å². The van der Waals surface area contributed by atoms with Gasteiger partial charge in [-0.25, -0.2) is 0 Å². The molecule has 2 heteroatoms. The first-order valence-electron chi connectivity index (χ1n) is 19.8. The fourth-order valence-corrected chi connectivity index (χ4v) is 9.82. The van der Waals surface area contributed by atoms with Crippen molar-refractivity contribution in [3.05, 3.63) is 189 Å². The molecule has 4 aromatic carbocycles. The molecule has 8 rings (SSSR count). The Bertz CT molecular complexity index is 1970. The first-order valence-corrected chi connectivity index (χ1v) is 23.2. The van der Waals surface area contributed by atoms with Crippen LogP contribution in [-0.2, 0) is 16.2 Å². The summed E-state index contributed by atoms with van der Waals surface area (Å²) in [5.74, 6) is 0. The topological polar surface area (TPSA) is 0 Å². The molecule has 0 aliphatic heterocycles. The number of alkyl halides is 1. The van der Waals surface area contributed by atoms with E-state index in [1.165, 1.54) is 56.5 Å². The van der Waals surface area contributed by atoms with Crippen LogP contribution in [0.3, 0.4) is 0 Å². The van der Waals surface area contributed by atoms with Crippen molar-refractivity contribution in [1.29, 1.82) is 0 Å². The molecule has 1 saturated carbocycles. The highest BCUT2D eigenvalue weighted by Crippen LogP contribution is 2.69. The summed E-state index contributed by atoms with van der Waals surface area (Å²) in [6.45, 7) is 17.8. The summed E-state index contributed by atoms with van der Waals surface area (Å²) < 4.78 is 0.105. The smallest absolute Gasteiger partial charge is 0.0713 e. The van der Waals surface area contributed by atoms with Crippen LogP contribution in [-0.4, -0.2) is 15.9 Å². The quantitative estimate of drug-likeness (QED) is 0.138. The average molecular weight is 833 g/mol. The molecule has 278 valence electrons. The average Bonchev–Trinajstić information content (AvgIpc) is 3.53. The van der Waals surface area contributed by atoms with Crippen LogP contribution in [0.25, 0.3) is 0 Å². The van der Waals surface area contributed by atoms with E-state index in [2.05, 4.69) is 198 Å². The number of halogens is 1. The second kappa shape index (κ2) is 17.2. The van der Waals surface area contributed by atoms with E-state index in [4.69, 9.17) is 0 Å². The molecule has 53 heavy (non-hydrogen) atoms. The van der Waals surface area contributed by atoms with Gasteiger partial charge in [0.2, 0.25) is 0 Å². The van der Waals surface area contributed by atoms with Crippen LogP contribution in [0, 0.1) is 0 Å². The van der Waals surface area contributed by atoms with Gasteiger partial charge in [0.15, 0.2) is 0 Å². The van der Waals surface area contributed by atoms with Gasteiger partial charge in [0.05, 0.1) is 10.8 Å². The molecule has 0 aromatic heterocycles. The predicted octanol–water partition coefficient (Wildman–Crippen LogP) is 14.9. The molecule has 0 saturated heterocycles. The summed E-state index contributed by atoms with van der Waals surface area (Å²) in [6.07, 6.45) is 15.5. The maximum absolute atomic E-state index is 2.57. The van der Waals surface area contributed by atoms with Gasteiger partial charge in [0.1, 0.15) is 0 Å². The zero-order valence-electron chi connectivity index (χ0n) is 33.9. The predicted molar refractivity (Wildman–Crippen MR) is 244 cm³/mol. The van der Waals surface area contributed by atoms with E-state index in [-0.39, 0.29) is 15.6 Å². The third-order valence-electron chi connectivity index (χ3n) is 12.2. The van der Waals surface area contributed by atoms with Crippen LogP contribution in [0.2, 0.25) is 0 Å². The summed E-state index contributed by atoms with van der Waals surface area (Å²) in [5, 5.41) is 0. The third kappa shape index (κ3) is 6.48. The molecule has 0 bridgehead atoms. The van der Waals surface area contributed by atoms with E-state index in [0.717, 1.165) is 25.7 Å². The van der Waals surface area contributed by atoms with Crippen LogP contribution in [0.1, 0.15) is 121 Å². The lowest BCUT2D eigenvalue weighted by Crippen LogP contribution is -2.45. The molecule has 1 fully saturated rings. The van der Waals surface area contributed by atoms with E-state index in [0.29, 0.717) is 0 Å². The molecule has 0 N–H and O–H groups in total. The SMILES string of the molecule is CC.CCC.CI.CSC(C)(C)C(C)(C)c1ccc(C2(c3ccccc3)C3=C4C(=CCC3)C3=CCCC=C3C4(c3ccccc3)c3ccccc32)cc1. The lowest BCUT2D eigenvalue weighted by atomic mass is 9.50. The molecule has 4 aliphatic carbocycles. The van der Waals surface area contributed by atoms with Crippen molar-refractivity contribution >= 4 is 34.4 Å². The summed E-state index contributed by atoms with van der Waals surface area (Å²) in [6, 6.07) is 42.1. The largest absolute Gasteiger partial charge is 0.158 e. The van der Waals surface area contributed by atoms with Gasteiger partial charge in [-0.1, -0.05) is 198 Å². The van der Waals surface area contributed by atoms with Gasteiger partial charge in [-0.2, -0.15) is 11.8 Å². The zero-order valence-corrected chi connectivity index (χ0v) is 36.9. The lowest BCUT2D eigenvalue weighted by molar-refractivity contribution is 0.413. The molecule has 2 unspecified atom stereocenters. The highest BCUT2D eigenvalue weighted by atomic mass is 127. The van der Waals surface area contributed by atoms with Crippen LogP contribution in [0.4, 0.5) is 0 Å². The molecule has 0 amide bonds. The van der Waals surface area contributed by atoms with Crippen molar-refractivity contribution in [2.24, 2.45) is 0 Å². The molecule has 2 atom stereocenters. The van der Waals surface area contributed by atoms with Crippen molar-refractivity contribution in [2.75, 3.05) is 11.2 Å². The van der Waals surface area contributed by atoms with Gasteiger partial charge in [-0.05, 0) is 112 Å². The van der Waals surface area contributed by atoms with Gasteiger partial charge in [0.25, 0.3) is 0 Å². The van der Waals surface area contributed by atoms with Crippen molar-refractivity contribution in [2.45, 2.75) is 108 Å². The standard InChI is InChI=1S/C45H44S.C3H8.C2H6.CH3I/c1-42(2,43(3,4)46-5)31-27-29-34(30-28-31)44(32-17-8-6-9-18-32)38-24-14-15-25-39(38)45(33-19-10-7-11-20-33)37-23-13-12-21-35(37)36-22-16-26-40(44)41(36)45;1-3-2;2*1-2/h6-11,14-15,17-25,27-30H,12-13,16,26H2,1-5H3;3H2,1-2H3;1-2H3;1H3. The van der Waals surface area contributed by atoms with E-state index in [1.54, 1.807) is 11.1 Å². The van der Waals surface area contributed by atoms with Gasteiger partial charge >= 0.3 is 0 Å². The number of hydrogen-bond acceptors (Lipinski definition) is 1. The second-order valence-electron chi connectivity index (χ2n) is 15.2. The Morgan fingerprint density at radius 2 is 1.04 bits per heavy atom. The van der Waals surface area contributed by atoms with Crippen LogP contribution in [0.15, 0.2) is 155 Å². The Kier molecular flexibility index (Phi) is 13.3. The van der Waals surface area contributed by atoms with Gasteiger partial charge in [0, 0.05) is 10.2 Å². The molecular formula is C51H61IS. The molecule has 0 nitrogen and oxygen atoms in total. The van der Waals surface area contributed by atoms with Gasteiger partial charge in [-0.15, -0.1) is 0 Å². The van der Waals surface area contributed by atoms with E-state index in [1.807, 2.05) is 30.5 Å². The van der Waals surface area contributed by atoms with Crippen molar-refractivity contribution in [3.8, 4) is 0 Å². The minimum absolute atomic E-state index is 0.0144. The number of fused-ring (bicyclic) bond motifs is 5. The normalized spacial score (nSPS) is 21.0. The Labute approximate surface area is 340 Å². The minimum Gasteiger partial charge on any atom is -0.158 e. The Hall–Kier alpha value is -3.08. The molecule has 4 aliphatic rings. The number of thioether (sulfide) groups is 1. The van der Waals surface area contributed by atoms with Crippen molar-refractivity contribution < 1.29 is 0 Å². The summed E-state index contributed by atoms with van der Waals surface area (Å²) in [5.41, 5.74) is 15.2.